The van der Waals surface area contributed by atoms with E-state index in [1.165, 1.54) is 7.11 Å². The van der Waals surface area contributed by atoms with E-state index in [0.29, 0.717) is 25.2 Å². The third kappa shape index (κ3) is 4.71. The number of benzene rings is 1. The molecule has 0 aromatic heterocycles. The molecule has 4 nitrogen and oxygen atoms in total. The molecular formula is C13H18FNO3. The average Bonchev–Trinajstić information content (AvgIpc) is 2.40. The Morgan fingerprint density at radius 2 is 2.06 bits per heavy atom. The number of hydrogen-bond acceptors (Lipinski definition) is 4. The number of carbonyl (C=O) groups is 1. The Kier molecular flexibility index (Phi) is 6.14. The van der Waals surface area contributed by atoms with Crippen LogP contribution in [0.15, 0.2) is 24.3 Å². The molecule has 5 heteroatoms. The summed E-state index contributed by atoms with van der Waals surface area (Å²) in [5.74, 6) is 0.247. The van der Waals surface area contributed by atoms with E-state index < -0.39 is 12.0 Å². The largest absolute Gasteiger partial charge is 0.494 e. The number of ether oxygens (including phenoxy) is 2. The van der Waals surface area contributed by atoms with Crippen molar-refractivity contribution in [1.82, 2.24) is 0 Å². The Balaban J connectivity index is 2.47. The first kappa shape index (κ1) is 14.4. The van der Waals surface area contributed by atoms with Gasteiger partial charge in [-0.3, -0.25) is 9.18 Å². The van der Waals surface area contributed by atoms with Crippen molar-refractivity contribution >= 4 is 5.97 Å². The quantitative estimate of drug-likeness (QED) is 0.592. The molecule has 1 aromatic rings. The van der Waals surface area contributed by atoms with Crippen LogP contribution >= 0.6 is 0 Å². The average molecular weight is 255 g/mol. The number of hydrogen-bond donors (Lipinski definition) is 1. The lowest BCUT2D eigenvalue weighted by molar-refractivity contribution is -0.142. The van der Waals surface area contributed by atoms with Crippen molar-refractivity contribution < 1.29 is 18.7 Å². The predicted molar refractivity (Wildman–Crippen MR) is 66.2 cm³/mol. The van der Waals surface area contributed by atoms with E-state index in [-0.39, 0.29) is 6.67 Å². The standard InChI is InChI=1S/C13H18FNO3/c1-17-13(16)12(15)9-10-3-5-11(6-4-10)18-8-2-7-14/h3-6,12H,2,7-9,15H2,1H3/t12-/m0/s1. The third-order valence-electron chi connectivity index (χ3n) is 2.43. The maximum absolute atomic E-state index is 11.9. The van der Waals surface area contributed by atoms with Crippen LogP contribution in [0.1, 0.15) is 12.0 Å². The van der Waals surface area contributed by atoms with Gasteiger partial charge in [0, 0.05) is 6.42 Å². The zero-order chi connectivity index (χ0) is 13.4. The summed E-state index contributed by atoms with van der Waals surface area (Å²) >= 11 is 0. The number of methoxy groups -OCH3 is 1. The van der Waals surface area contributed by atoms with Crippen LogP contribution < -0.4 is 10.5 Å². The minimum absolute atomic E-state index is 0.359. The molecule has 1 rings (SSSR count). The Morgan fingerprint density at radius 3 is 2.61 bits per heavy atom. The summed E-state index contributed by atoms with van der Waals surface area (Å²) in [6.45, 7) is -0.0242. The second kappa shape index (κ2) is 7.66. The molecule has 0 unspecified atom stereocenters. The summed E-state index contributed by atoms with van der Waals surface area (Å²) in [7, 11) is 1.31. The van der Waals surface area contributed by atoms with Gasteiger partial charge in [0.15, 0.2) is 0 Å². The maximum atomic E-state index is 11.9. The smallest absolute Gasteiger partial charge is 0.322 e. The molecule has 2 N–H and O–H groups in total. The monoisotopic (exact) mass is 255 g/mol. The molecule has 0 aliphatic rings. The predicted octanol–water partition coefficient (Wildman–Crippen LogP) is 1.47. The lowest BCUT2D eigenvalue weighted by Crippen LogP contribution is -2.33. The Morgan fingerprint density at radius 1 is 1.39 bits per heavy atom. The highest BCUT2D eigenvalue weighted by Gasteiger charge is 2.13. The van der Waals surface area contributed by atoms with Gasteiger partial charge in [0.05, 0.1) is 20.4 Å². The van der Waals surface area contributed by atoms with Crippen LogP contribution in [0.5, 0.6) is 5.75 Å². The van der Waals surface area contributed by atoms with E-state index in [4.69, 9.17) is 10.5 Å². The summed E-state index contributed by atoms with van der Waals surface area (Å²) in [6.07, 6.45) is 0.798. The van der Waals surface area contributed by atoms with Crippen LogP contribution in [-0.2, 0) is 16.0 Å². The summed E-state index contributed by atoms with van der Waals surface area (Å²) in [4.78, 5) is 11.2. The zero-order valence-corrected chi connectivity index (χ0v) is 10.4. The van der Waals surface area contributed by atoms with Crippen molar-refractivity contribution in [2.45, 2.75) is 18.9 Å². The molecule has 0 spiro atoms. The van der Waals surface area contributed by atoms with E-state index in [0.717, 1.165) is 5.56 Å². The van der Waals surface area contributed by atoms with Gasteiger partial charge in [0.25, 0.3) is 0 Å². The number of nitrogens with two attached hydrogens (primary N) is 1. The molecule has 18 heavy (non-hydrogen) atoms. The summed E-state index contributed by atoms with van der Waals surface area (Å²) < 4.78 is 21.7. The van der Waals surface area contributed by atoms with E-state index in [1.54, 1.807) is 12.1 Å². The van der Waals surface area contributed by atoms with Crippen molar-refractivity contribution in [2.24, 2.45) is 5.73 Å². The summed E-state index contributed by atoms with van der Waals surface area (Å²) in [5.41, 5.74) is 6.57. The summed E-state index contributed by atoms with van der Waals surface area (Å²) in [6, 6.07) is 6.55. The molecule has 0 saturated heterocycles. The second-order valence-electron chi connectivity index (χ2n) is 3.87. The fraction of sp³-hybridized carbons (Fsp3) is 0.462. The Hall–Kier alpha value is -1.62. The second-order valence-corrected chi connectivity index (χ2v) is 3.87. The fourth-order valence-corrected chi connectivity index (χ4v) is 1.45. The van der Waals surface area contributed by atoms with E-state index >= 15 is 0 Å². The van der Waals surface area contributed by atoms with Gasteiger partial charge in [-0.15, -0.1) is 0 Å². The van der Waals surface area contributed by atoms with Crippen LogP contribution in [0.2, 0.25) is 0 Å². The van der Waals surface area contributed by atoms with Crippen molar-refractivity contribution in [2.75, 3.05) is 20.4 Å². The zero-order valence-electron chi connectivity index (χ0n) is 10.4. The van der Waals surface area contributed by atoms with Crippen molar-refractivity contribution in [3.63, 3.8) is 0 Å². The molecule has 0 bridgehead atoms. The van der Waals surface area contributed by atoms with Gasteiger partial charge < -0.3 is 15.2 Å². The van der Waals surface area contributed by atoms with E-state index in [9.17, 15) is 9.18 Å². The third-order valence-corrected chi connectivity index (χ3v) is 2.43. The van der Waals surface area contributed by atoms with Gasteiger partial charge in [0.1, 0.15) is 11.8 Å². The Bertz CT molecular complexity index is 367. The molecular weight excluding hydrogens is 237 g/mol. The first-order valence-electron chi connectivity index (χ1n) is 5.78. The van der Waals surface area contributed by atoms with Gasteiger partial charge in [-0.05, 0) is 24.1 Å². The molecule has 0 amide bonds. The molecule has 100 valence electrons. The van der Waals surface area contributed by atoms with E-state index in [1.807, 2.05) is 12.1 Å². The minimum atomic E-state index is -0.659. The lowest BCUT2D eigenvalue weighted by atomic mass is 10.1. The minimum Gasteiger partial charge on any atom is -0.494 e. The topological polar surface area (TPSA) is 61.5 Å². The van der Waals surface area contributed by atoms with Crippen LogP contribution in [-0.4, -0.2) is 32.4 Å². The number of carbonyl (C=O) groups excluding carboxylic acids is 1. The first-order valence-corrected chi connectivity index (χ1v) is 5.78. The fourth-order valence-electron chi connectivity index (χ4n) is 1.45. The number of alkyl halides is 1. The molecule has 1 atom stereocenters. The number of halogens is 1. The highest BCUT2D eigenvalue weighted by atomic mass is 19.1. The molecule has 0 radical (unpaired) electrons. The number of esters is 1. The van der Waals surface area contributed by atoms with Crippen LogP contribution in [0.25, 0.3) is 0 Å². The molecule has 0 aliphatic carbocycles. The SMILES string of the molecule is COC(=O)[C@@H](N)Cc1ccc(OCCCF)cc1. The molecule has 0 saturated carbocycles. The van der Waals surface area contributed by atoms with Gasteiger partial charge in [-0.25, -0.2) is 0 Å². The van der Waals surface area contributed by atoms with Crippen molar-refractivity contribution in [1.29, 1.82) is 0 Å². The normalized spacial score (nSPS) is 11.9. The highest BCUT2D eigenvalue weighted by molar-refractivity contribution is 5.75. The number of rotatable bonds is 7. The molecule has 0 fully saturated rings. The van der Waals surface area contributed by atoms with Gasteiger partial charge in [0.2, 0.25) is 0 Å². The van der Waals surface area contributed by atoms with Crippen LogP contribution in [0, 0.1) is 0 Å². The summed E-state index contributed by atoms with van der Waals surface area (Å²) in [5, 5.41) is 0. The van der Waals surface area contributed by atoms with Crippen molar-refractivity contribution in [3.8, 4) is 5.75 Å². The van der Waals surface area contributed by atoms with Gasteiger partial charge in [-0.2, -0.15) is 0 Å². The molecule has 0 heterocycles. The van der Waals surface area contributed by atoms with Crippen LogP contribution in [0.4, 0.5) is 4.39 Å². The highest BCUT2D eigenvalue weighted by Crippen LogP contribution is 2.13. The van der Waals surface area contributed by atoms with E-state index in [2.05, 4.69) is 4.74 Å². The van der Waals surface area contributed by atoms with Gasteiger partial charge in [-0.1, -0.05) is 12.1 Å². The maximum Gasteiger partial charge on any atom is 0.322 e. The lowest BCUT2D eigenvalue weighted by Gasteiger charge is -2.10. The Labute approximate surface area is 106 Å². The van der Waals surface area contributed by atoms with Gasteiger partial charge >= 0.3 is 5.97 Å². The molecule has 1 aromatic carbocycles. The van der Waals surface area contributed by atoms with Crippen LogP contribution in [0.3, 0.4) is 0 Å². The first-order chi connectivity index (χ1) is 8.67. The molecule has 0 aliphatic heterocycles. The van der Waals surface area contributed by atoms with Crippen molar-refractivity contribution in [3.05, 3.63) is 29.8 Å².